The molecule has 0 aliphatic carbocycles. The zero-order valence-electron chi connectivity index (χ0n) is 83.4. The number of halogens is 3. The molecule has 0 aromatic heterocycles. The number of ether oxygens (including phenoxy) is 8. The Hall–Kier alpha value is -9.13. The Labute approximate surface area is 819 Å². The number of para-hydroxylation sites is 6. The van der Waals surface area contributed by atoms with Crippen molar-refractivity contribution >= 4 is 103 Å². The molecule has 0 amide bonds. The Balaban J connectivity index is 0.000000314. The second-order valence-corrected chi connectivity index (χ2v) is 37.2. The monoisotopic (exact) mass is 2000 g/mol. The van der Waals surface area contributed by atoms with Crippen LogP contribution in [0.4, 0.5) is 34.1 Å². The first kappa shape index (κ1) is 113. The van der Waals surface area contributed by atoms with E-state index in [-0.39, 0.29) is 114 Å². The minimum absolute atomic E-state index is 0. The van der Waals surface area contributed by atoms with Gasteiger partial charge in [0.2, 0.25) is 11.4 Å². The van der Waals surface area contributed by atoms with E-state index < -0.39 is 0 Å². The summed E-state index contributed by atoms with van der Waals surface area (Å²) in [5.41, 5.74) is 20.5. The van der Waals surface area contributed by atoms with Crippen molar-refractivity contribution in [2.45, 2.75) is 274 Å². The largest absolute Gasteiger partial charge is 1.00 e. The second-order valence-electron chi connectivity index (χ2n) is 36.4. The number of hydrogen-bond acceptors (Lipinski definition) is 18. The van der Waals surface area contributed by atoms with Gasteiger partial charge in [0.1, 0.15) is 13.1 Å². The summed E-state index contributed by atoms with van der Waals surface area (Å²) in [6.07, 6.45) is 20.6. The molecule has 20 nitrogen and oxygen atoms in total. The molecule has 23 heteroatoms. The Bertz CT molecular complexity index is 5030. The number of fused-ring (bicyclic) bond motifs is 6. The lowest BCUT2D eigenvalue weighted by Crippen LogP contribution is -3.00. The number of methoxy groups -OCH3 is 2. The van der Waals surface area contributed by atoms with Gasteiger partial charge in [0.25, 0.3) is 0 Å². The number of hydrogen-bond donors (Lipinski definition) is 0. The molecule has 0 N–H and O–H groups in total. The summed E-state index contributed by atoms with van der Waals surface area (Å²) < 4.78 is 44.4. The van der Waals surface area contributed by atoms with E-state index in [1.54, 1.807) is 14.2 Å². The second kappa shape index (κ2) is 53.2. The molecule has 0 fully saturated rings. The first-order chi connectivity index (χ1) is 61.8. The van der Waals surface area contributed by atoms with E-state index in [9.17, 15) is 28.8 Å². The maximum Gasteiger partial charge on any atom is 0.306 e. The summed E-state index contributed by atoms with van der Waals surface area (Å²) in [5.74, 6) is -0.779. The first-order valence-corrected chi connectivity index (χ1v) is 48.0. The number of rotatable bonds is 35. The maximum atomic E-state index is 12.1. The molecular formula is C109H151Br3N6O14. The number of alkyl halides is 1. The van der Waals surface area contributed by atoms with Crippen LogP contribution in [0.15, 0.2) is 198 Å². The van der Waals surface area contributed by atoms with Crippen molar-refractivity contribution in [2.24, 2.45) is 4.99 Å². The Kier molecular flexibility index (Phi) is 45.7. The lowest BCUT2D eigenvalue weighted by Gasteiger charge is -2.43. The zero-order chi connectivity index (χ0) is 95.8. The Morgan fingerprint density at radius 2 is 0.750 bits per heavy atom. The van der Waals surface area contributed by atoms with Crippen LogP contribution in [0, 0.1) is 0 Å². The van der Waals surface area contributed by atoms with E-state index in [0.29, 0.717) is 78.2 Å². The smallest absolute Gasteiger partial charge is 0.306 e. The third-order valence-corrected chi connectivity index (χ3v) is 26.6. The molecule has 6 aliphatic rings. The number of aliphatic imine (C=N–C) groups is 1. The van der Waals surface area contributed by atoms with Gasteiger partial charge in [0, 0.05) is 170 Å². The van der Waals surface area contributed by atoms with Crippen molar-refractivity contribution in [3.63, 3.8) is 0 Å². The quantitative estimate of drug-likeness (QED) is 0.0119. The van der Waals surface area contributed by atoms with Gasteiger partial charge in [-0.2, -0.15) is 9.15 Å². The topological polar surface area (TPSA) is 204 Å². The molecule has 0 saturated carbocycles. The SMILES string of the molecule is CC1=Nc2ccccc2C1(C)C.CCOC(=O)CCCBr.CCOC(=O)CCCN1/C(=C/C=C/C2(C)N(CCCC(=O)OCC)c3ccccc3C2(C)C)C(C)(C)c2ccccc21.CCOC(=O)CCCN1C(=CC=CC2=[N+](CCCC(=O)OCC)c3ccccc3C2(C)C)C(C)(C)c2ccccc21.CCOC(=O)CCC[N+]1=C(C)C(C)(C)c2ccccc21.COC(C)OC.[Br-].[Br-]. The first-order valence-electron chi connectivity index (χ1n) is 46.9. The molecule has 1 atom stereocenters. The number of carbonyl (C=O) groups is 6. The minimum atomic E-state index is -0.313. The number of allylic oxidation sites excluding steroid dienone is 7. The van der Waals surface area contributed by atoms with Gasteiger partial charge in [-0.3, -0.25) is 33.8 Å². The average molecular weight is 2010 g/mol. The van der Waals surface area contributed by atoms with E-state index in [2.05, 4.69) is 339 Å². The highest BCUT2D eigenvalue weighted by Crippen LogP contribution is 2.54. The molecule has 722 valence electrons. The summed E-state index contributed by atoms with van der Waals surface area (Å²) >= 11 is 3.22. The van der Waals surface area contributed by atoms with Gasteiger partial charge in [-0.1, -0.05) is 199 Å². The molecule has 6 aliphatic heterocycles. The van der Waals surface area contributed by atoms with Gasteiger partial charge in [0.05, 0.1) is 74.5 Å². The molecular weight excluding hydrogens is 1860 g/mol. The summed E-state index contributed by atoms with van der Waals surface area (Å²) in [6, 6.07) is 51.2. The highest BCUT2D eigenvalue weighted by Gasteiger charge is 2.53. The van der Waals surface area contributed by atoms with Crippen molar-refractivity contribution in [3.05, 3.63) is 227 Å². The normalized spacial score (nSPS) is 17.4. The van der Waals surface area contributed by atoms with E-state index in [1.807, 2.05) is 54.5 Å². The van der Waals surface area contributed by atoms with Gasteiger partial charge in [-0.05, 0) is 174 Å². The number of esters is 6. The summed E-state index contributed by atoms with van der Waals surface area (Å²) in [7, 11) is 3.21. The minimum Gasteiger partial charge on any atom is -1.00 e. The fourth-order valence-corrected chi connectivity index (χ4v) is 18.2. The van der Waals surface area contributed by atoms with E-state index in [0.717, 1.165) is 82.3 Å². The third kappa shape index (κ3) is 28.5. The summed E-state index contributed by atoms with van der Waals surface area (Å²) in [6.45, 7) is 53.1. The van der Waals surface area contributed by atoms with Crippen LogP contribution < -0.4 is 48.7 Å². The molecule has 0 radical (unpaired) electrons. The van der Waals surface area contributed by atoms with Crippen LogP contribution in [0.5, 0.6) is 0 Å². The molecule has 6 aromatic carbocycles. The molecule has 6 aromatic rings. The van der Waals surface area contributed by atoms with Crippen LogP contribution in [-0.4, -0.2) is 166 Å². The summed E-state index contributed by atoms with van der Waals surface area (Å²) in [4.78, 5) is 81.9. The van der Waals surface area contributed by atoms with Crippen molar-refractivity contribution < 1.29 is 110 Å². The van der Waals surface area contributed by atoms with Crippen LogP contribution in [0.1, 0.15) is 263 Å². The number of anilines is 3. The van der Waals surface area contributed by atoms with E-state index >= 15 is 0 Å². The molecule has 12 rings (SSSR count). The zero-order valence-corrected chi connectivity index (χ0v) is 88.2. The lowest BCUT2D eigenvalue weighted by atomic mass is 9.71. The van der Waals surface area contributed by atoms with Gasteiger partial charge in [0.15, 0.2) is 17.7 Å². The molecule has 1 unspecified atom stereocenters. The molecule has 6 heterocycles. The van der Waals surface area contributed by atoms with Gasteiger partial charge < -0.3 is 86.6 Å². The Morgan fingerprint density at radius 3 is 1.17 bits per heavy atom. The van der Waals surface area contributed by atoms with Crippen molar-refractivity contribution in [3.8, 4) is 0 Å². The van der Waals surface area contributed by atoms with Crippen molar-refractivity contribution in [2.75, 3.05) is 107 Å². The van der Waals surface area contributed by atoms with E-state index in [1.165, 1.54) is 90.3 Å². The van der Waals surface area contributed by atoms with Crippen LogP contribution in [0.25, 0.3) is 0 Å². The summed E-state index contributed by atoms with van der Waals surface area (Å²) in [5, 5.41) is 0.867. The van der Waals surface area contributed by atoms with Crippen LogP contribution >= 0.6 is 15.9 Å². The highest BCUT2D eigenvalue weighted by atomic mass is 79.9. The van der Waals surface area contributed by atoms with Gasteiger partial charge >= 0.3 is 35.8 Å². The third-order valence-electron chi connectivity index (χ3n) is 26.0. The number of nitrogens with zero attached hydrogens (tertiary/aromatic N) is 6. The van der Waals surface area contributed by atoms with Crippen LogP contribution in [0.3, 0.4) is 0 Å². The fourth-order valence-electron chi connectivity index (χ4n) is 17.9. The fraction of sp³-hybridized carbons (Fsp3) is 0.514. The molecule has 132 heavy (non-hydrogen) atoms. The maximum absolute atomic E-state index is 12.1. The van der Waals surface area contributed by atoms with Crippen LogP contribution in [0.2, 0.25) is 0 Å². The molecule has 0 spiro atoms. The molecule has 0 saturated heterocycles. The predicted octanol–water partition coefficient (Wildman–Crippen LogP) is 17.3. The van der Waals surface area contributed by atoms with Crippen molar-refractivity contribution in [1.29, 1.82) is 0 Å². The Morgan fingerprint density at radius 1 is 0.402 bits per heavy atom. The predicted molar refractivity (Wildman–Crippen MR) is 532 cm³/mol. The molecule has 0 bridgehead atoms. The highest BCUT2D eigenvalue weighted by molar-refractivity contribution is 9.09. The van der Waals surface area contributed by atoms with E-state index in [4.69, 9.17) is 23.7 Å². The van der Waals surface area contributed by atoms with Gasteiger partial charge in [-0.15, -0.1) is 0 Å². The number of benzene rings is 6. The van der Waals surface area contributed by atoms with Crippen LogP contribution in [-0.2, 0) is 99.2 Å². The number of carbonyl (C=O) groups excluding carboxylic acids is 6. The van der Waals surface area contributed by atoms with Gasteiger partial charge in [-0.25, -0.2) is 0 Å². The van der Waals surface area contributed by atoms with Crippen molar-refractivity contribution in [1.82, 2.24) is 0 Å². The average Bonchev–Trinajstić information content (AvgIpc) is 1.55. The standard InChI is InChI=1S/C36H48N2O4.C35H45N2O4.C17H24NO2.C11H13N.C6H11BrO2.C4H10O2.2BrH/c1-8-41-32(39)22-15-25-37-29-19-12-10-17-27(29)34(3,4)31(37)21-14-24-36(7)35(5,6)28-18-11-13-20-30(28)38(36)26-16-23-33(40)42-9-2;1-7-40-32(38)22-14-24-36-28-18-11-9-16-26(28)34(3,4)30(36)20-13-21-31-35(5,6)27-17-10-12-19-29(27)37(31)25-15-23-33(39)41-8-2;1-5-20-16(19)11-8-12-18-13(2)17(3,4)14-9-6-7-10-15(14)18;1-8-11(2,3)9-6-4-5-7-10(9)12-8;1-2-9-6(8)4-3-5-7;1-4(5-2)6-3;;/h10-14,17-21,24H,8-9,15-16,22-23,25-26H2,1-7H3;9-13,16-21H,7-8,14-15,22-25H2,1-6H3;6-7,9-10H,5,8,11-12H2,1-4H3;4-7H,1-3H3;2-5H2,1H3;4H,1-3H3;2*1H/q;2*+1;;;;;/p-2/b24-14+,31-21+;;;;;;;. The lowest BCUT2D eigenvalue weighted by molar-refractivity contribution is -0.439.